The normalized spacial score (nSPS) is 10.9. The van der Waals surface area contributed by atoms with Gasteiger partial charge in [0.2, 0.25) is 0 Å². The van der Waals surface area contributed by atoms with E-state index in [0.717, 1.165) is 17.5 Å². The minimum Gasteiger partial charge on any atom is -0.478 e. The zero-order valence-corrected chi connectivity index (χ0v) is 11.3. The topological polar surface area (TPSA) is 83.0 Å². The molecule has 0 unspecified atom stereocenters. The average Bonchev–Trinajstić information content (AvgIpc) is 2.55. The van der Waals surface area contributed by atoms with Crippen molar-refractivity contribution in [2.75, 3.05) is 0 Å². The molecule has 2 aromatic carbocycles. The maximum absolute atomic E-state index is 12.2. The molecule has 5 nitrogen and oxygen atoms in total. The summed E-state index contributed by atoms with van der Waals surface area (Å²) in [6.07, 6.45) is 0. The van der Waals surface area contributed by atoms with Crippen LogP contribution in [0.25, 0.3) is 11.0 Å². The number of carboxylic acid groups (broad SMARTS) is 1. The molecule has 0 bridgehead atoms. The summed E-state index contributed by atoms with van der Waals surface area (Å²) in [6, 6.07) is 15.7. The Morgan fingerprint density at radius 3 is 2.32 bits per heavy atom. The van der Waals surface area contributed by atoms with Crippen LogP contribution in [0, 0.1) is 5.82 Å². The summed E-state index contributed by atoms with van der Waals surface area (Å²) >= 11 is 0. The average molecular weight is 301 g/mol. The highest BCUT2D eigenvalue weighted by Gasteiger charge is 1.99. The number of nitrogens with zero attached hydrogens (tertiary/aromatic N) is 1. The third-order valence-electron chi connectivity index (χ3n) is 2.73. The van der Waals surface area contributed by atoms with Crippen molar-refractivity contribution in [1.29, 1.82) is 0 Å². The van der Waals surface area contributed by atoms with E-state index in [9.17, 15) is 9.18 Å². The third kappa shape index (κ3) is 3.92. The van der Waals surface area contributed by atoms with E-state index in [1.165, 1.54) is 12.1 Å². The van der Waals surface area contributed by atoms with Gasteiger partial charge < -0.3 is 14.7 Å². The first-order valence-electron chi connectivity index (χ1n) is 6.26. The predicted octanol–water partition coefficient (Wildman–Crippen LogP) is 3.25. The minimum atomic E-state index is -1.04. The fourth-order valence-electron chi connectivity index (χ4n) is 1.67. The van der Waals surface area contributed by atoms with Gasteiger partial charge in [0, 0.05) is 11.5 Å². The van der Waals surface area contributed by atoms with Crippen molar-refractivity contribution in [3.05, 3.63) is 77.6 Å². The quantitative estimate of drug-likeness (QED) is 0.534. The summed E-state index contributed by atoms with van der Waals surface area (Å²) in [4.78, 5) is 10.2. The Kier molecular flexibility index (Phi) is 4.87. The first-order chi connectivity index (χ1) is 10.6. The Morgan fingerprint density at radius 2 is 1.68 bits per heavy atom. The van der Waals surface area contributed by atoms with Crippen molar-refractivity contribution in [3.63, 3.8) is 0 Å². The molecule has 0 aliphatic carbocycles. The van der Waals surface area contributed by atoms with E-state index in [0.29, 0.717) is 5.58 Å². The van der Waals surface area contributed by atoms with Gasteiger partial charge >= 0.3 is 5.97 Å². The number of benzene rings is 2. The highest BCUT2D eigenvalue weighted by Crippen LogP contribution is 2.09. The lowest BCUT2D eigenvalue weighted by molar-refractivity contribution is 0.0697. The van der Waals surface area contributed by atoms with Gasteiger partial charge in [0.05, 0.1) is 5.56 Å². The number of carboxylic acids is 1. The van der Waals surface area contributed by atoms with E-state index in [2.05, 4.69) is 5.16 Å². The van der Waals surface area contributed by atoms with Gasteiger partial charge in [0.1, 0.15) is 11.4 Å². The van der Waals surface area contributed by atoms with Crippen LogP contribution >= 0.6 is 0 Å². The number of carbonyl (C=O) groups is 1. The molecule has 0 saturated heterocycles. The number of para-hydroxylation sites is 1. The Hall–Kier alpha value is -3.15. The molecule has 112 valence electrons. The molecule has 1 aromatic heterocycles. The summed E-state index contributed by atoms with van der Waals surface area (Å²) in [5, 5.41) is 20.7. The molecule has 0 aliphatic heterocycles. The molecule has 0 amide bonds. The zero-order chi connectivity index (χ0) is 15.9. The molecule has 22 heavy (non-hydrogen) atoms. The lowest BCUT2D eigenvalue weighted by atomic mass is 10.2. The van der Waals surface area contributed by atoms with Crippen LogP contribution in [0.1, 0.15) is 10.4 Å². The number of hydrogen-bond donors (Lipinski definition) is 2. The monoisotopic (exact) mass is 301 g/mol. The molecule has 6 heteroatoms. The maximum atomic E-state index is 12.2. The zero-order valence-electron chi connectivity index (χ0n) is 11.3. The first-order valence-corrected chi connectivity index (χ1v) is 6.26. The van der Waals surface area contributed by atoms with Crippen molar-refractivity contribution in [1.82, 2.24) is 0 Å². The number of fused-ring (bicyclic) bond motifs is 1. The summed E-state index contributed by atoms with van der Waals surface area (Å²) in [5.41, 5.74) is 1.03. The Balaban J connectivity index is 0.000000164. The van der Waals surface area contributed by atoms with E-state index in [4.69, 9.17) is 14.7 Å². The number of rotatable bonds is 1. The van der Waals surface area contributed by atoms with E-state index in [1.54, 1.807) is 6.07 Å². The smallest absolute Gasteiger partial charge is 0.335 e. The molecule has 0 saturated carbocycles. The fraction of sp³-hybridized carbons (Fsp3) is 0. The predicted molar refractivity (Wildman–Crippen MR) is 76.9 cm³/mol. The molecule has 0 fully saturated rings. The number of hydrogen-bond acceptors (Lipinski definition) is 4. The van der Waals surface area contributed by atoms with Crippen LogP contribution < -0.4 is 5.55 Å². The summed E-state index contributed by atoms with van der Waals surface area (Å²) < 4.78 is 17.4. The van der Waals surface area contributed by atoms with Gasteiger partial charge in [-0.1, -0.05) is 18.2 Å². The molecular weight excluding hydrogens is 289 g/mol. The van der Waals surface area contributed by atoms with Crippen LogP contribution in [0.5, 0.6) is 0 Å². The van der Waals surface area contributed by atoms with Crippen molar-refractivity contribution >= 4 is 16.9 Å². The second kappa shape index (κ2) is 7.03. The van der Waals surface area contributed by atoms with Gasteiger partial charge in [-0.05, 0) is 41.6 Å². The molecule has 0 spiro atoms. The number of halogens is 1. The van der Waals surface area contributed by atoms with Crippen LogP contribution in [0.2, 0.25) is 0 Å². The molecule has 1 heterocycles. The van der Waals surface area contributed by atoms with E-state index >= 15 is 0 Å². The third-order valence-corrected chi connectivity index (χ3v) is 2.73. The second-order valence-corrected chi connectivity index (χ2v) is 4.22. The summed E-state index contributed by atoms with van der Waals surface area (Å²) in [5.74, 6) is -1.47. The molecule has 0 atom stereocenters. The minimum absolute atomic E-state index is 0.0985. The Labute approximate surface area is 124 Å². The SMILES string of the molecule is O=C(O)c1ccc(F)cc1.ON=c1ccc2ccccc2o1. The van der Waals surface area contributed by atoms with Crippen molar-refractivity contribution < 1.29 is 23.9 Å². The summed E-state index contributed by atoms with van der Waals surface area (Å²) in [7, 11) is 0. The molecule has 2 N–H and O–H groups in total. The summed E-state index contributed by atoms with van der Waals surface area (Å²) in [6.45, 7) is 0. The van der Waals surface area contributed by atoms with Crippen molar-refractivity contribution in [2.45, 2.75) is 0 Å². The van der Waals surface area contributed by atoms with Gasteiger partial charge in [-0.25, -0.2) is 9.18 Å². The lowest BCUT2D eigenvalue weighted by Gasteiger charge is -1.93. The number of aromatic carboxylic acids is 1. The molecule has 0 aliphatic rings. The van der Waals surface area contributed by atoms with E-state index < -0.39 is 11.8 Å². The van der Waals surface area contributed by atoms with Crippen LogP contribution in [0.4, 0.5) is 4.39 Å². The Morgan fingerprint density at radius 1 is 1.00 bits per heavy atom. The van der Waals surface area contributed by atoms with E-state index in [1.807, 2.05) is 30.3 Å². The van der Waals surface area contributed by atoms with Crippen LogP contribution in [-0.2, 0) is 0 Å². The van der Waals surface area contributed by atoms with Crippen molar-refractivity contribution in [3.8, 4) is 0 Å². The largest absolute Gasteiger partial charge is 0.478 e. The standard InChI is InChI=1S/C9H7NO2.C7H5FO2/c11-10-9-6-5-7-3-1-2-4-8(7)12-9;8-6-3-1-5(2-4-6)7(9)10/h1-6,11H;1-4H,(H,9,10). The van der Waals surface area contributed by atoms with Crippen LogP contribution in [0.3, 0.4) is 0 Å². The van der Waals surface area contributed by atoms with Crippen LogP contribution in [-0.4, -0.2) is 16.3 Å². The van der Waals surface area contributed by atoms with Gasteiger partial charge in [-0.2, -0.15) is 0 Å². The Bertz CT molecular complexity index is 840. The second-order valence-electron chi connectivity index (χ2n) is 4.22. The maximum Gasteiger partial charge on any atom is 0.335 e. The fourth-order valence-corrected chi connectivity index (χ4v) is 1.67. The molecule has 0 radical (unpaired) electrons. The molecule has 3 rings (SSSR count). The molecule has 3 aromatic rings. The van der Waals surface area contributed by atoms with E-state index in [-0.39, 0.29) is 11.1 Å². The lowest BCUT2D eigenvalue weighted by Crippen LogP contribution is -1.97. The van der Waals surface area contributed by atoms with Crippen molar-refractivity contribution in [2.24, 2.45) is 5.16 Å². The van der Waals surface area contributed by atoms with Gasteiger partial charge in [-0.3, -0.25) is 0 Å². The van der Waals surface area contributed by atoms with Gasteiger partial charge in [0.25, 0.3) is 5.55 Å². The highest BCUT2D eigenvalue weighted by molar-refractivity contribution is 5.87. The molecular formula is C16H12FNO4. The first kappa shape index (κ1) is 15.2. The highest BCUT2D eigenvalue weighted by atomic mass is 19.1. The van der Waals surface area contributed by atoms with Gasteiger partial charge in [-0.15, -0.1) is 0 Å². The van der Waals surface area contributed by atoms with Gasteiger partial charge in [0.15, 0.2) is 0 Å². The van der Waals surface area contributed by atoms with Crippen LogP contribution in [0.15, 0.2) is 70.2 Å².